The van der Waals surface area contributed by atoms with E-state index in [-0.39, 0.29) is 11.2 Å². The van der Waals surface area contributed by atoms with E-state index in [0.717, 1.165) is 42.7 Å². The van der Waals surface area contributed by atoms with Crippen LogP contribution in [-0.2, 0) is 10.7 Å². The zero-order valence-electron chi connectivity index (χ0n) is 16.6. The maximum absolute atomic E-state index is 14.1. The molecule has 1 aromatic carbocycles. The lowest BCUT2D eigenvalue weighted by Gasteiger charge is -2.37. The number of hydrogen-bond acceptors (Lipinski definition) is 5. The van der Waals surface area contributed by atoms with Gasteiger partial charge in [-0.25, -0.2) is 22.8 Å². The number of anilines is 1. The third kappa shape index (κ3) is 2.91. The fourth-order valence-corrected chi connectivity index (χ4v) is 4.18. The molecular weight excluding hydrogens is 397 g/mol. The quantitative estimate of drug-likeness (QED) is 0.695. The van der Waals surface area contributed by atoms with Gasteiger partial charge in [-0.2, -0.15) is 5.10 Å². The predicted octanol–water partition coefficient (Wildman–Crippen LogP) is 4.05. The number of phenols is 1. The summed E-state index contributed by atoms with van der Waals surface area (Å²) in [4.78, 5) is 6.87. The van der Waals surface area contributed by atoms with E-state index in [4.69, 9.17) is 4.74 Å². The molecular formula is C21H21F3N4O2. The molecule has 1 aliphatic heterocycles. The van der Waals surface area contributed by atoms with Gasteiger partial charge in [-0.05, 0) is 31.9 Å². The molecule has 30 heavy (non-hydrogen) atoms. The number of ether oxygens (including phenoxy) is 1. The minimum Gasteiger partial charge on any atom is -0.505 e. The molecule has 158 valence electrons. The van der Waals surface area contributed by atoms with Crippen LogP contribution in [0.5, 0.6) is 5.75 Å². The number of phenolic OH excluding ortho intramolecular Hbond substituents is 1. The van der Waals surface area contributed by atoms with Crippen molar-refractivity contribution in [3.63, 3.8) is 0 Å². The van der Waals surface area contributed by atoms with Gasteiger partial charge in [-0.15, -0.1) is 0 Å². The smallest absolute Gasteiger partial charge is 0.273 e. The number of benzene rings is 1. The number of aromatic hydroxyl groups is 1. The first-order chi connectivity index (χ1) is 14.2. The average molecular weight is 418 g/mol. The molecule has 6 nitrogen and oxygen atoms in total. The lowest BCUT2D eigenvalue weighted by atomic mass is 10.1. The number of rotatable bonds is 3. The number of morpholine rings is 1. The summed E-state index contributed by atoms with van der Waals surface area (Å²) in [7, 11) is 0. The van der Waals surface area contributed by atoms with Gasteiger partial charge in [0.05, 0.1) is 47.4 Å². The highest BCUT2D eigenvalue weighted by molar-refractivity contribution is 5.85. The molecule has 3 heterocycles. The number of fused-ring (bicyclic) bond motifs is 1. The van der Waals surface area contributed by atoms with Crippen LogP contribution in [0.25, 0.3) is 16.6 Å². The summed E-state index contributed by atoms with van der Waals surface area (Å²) in [5.41, 5.74) is 0.550. The zero-order valence-corrected chi connectivity index (χ0v) is 16.6. The van der Waals surface area contributed by atoms with Crippen molar-refractivity contribution in [1.82, 2.24) is 14.8 Å². The van der Waals surface area contributed by atoms with Crippen LogP contribution in [0.15, 0.2) is 24.4 Å². The maximum Gasteiger partial charge on any atom is 0.273 e. The molecule has 0 atom stereocenters. The molecule has 2 aliphatic rings. The van der Waals surface area contributed by atoms with Crippen molar-refractivity contribution >= 4 is 16.7 Å². The van der Waals surface area contributed by atoms with Crippen LogP contribution >= 0.6 is 0 Å². The Hall–Kier alpha value is -2.81. The lowest BCUT2D eigenvalue weighted by molar-refractivity contribution is 0.0133. The van der Waals surface area contributed by atoms with E-state index in [1.165, 1.54) is 4.68 Å². The van der Waals surface area contributed by atoms with Gasteiger partial charge in [0, 0.05) is 24.9 Å². The normalized spacial score (nSPS) is 18.4. The first-order valence-corrected chi connectivity index (χ1v) is 9.82. The second kappa shape index (κ2) is 6.34. The second-order valence-corrected chi connectivity index (χ2v) is 8.20. The van der Waals surface area contributed by atoms with Gasteiger partial charge in [0.25, 0.3) is 5.92 Å². The van der Waals surface area contributed by atoms with Crippen molar-refractivity contribution in [2.24, 2.45) is 0 Å². The van der Waals surface area contributed by atoms with Crippen LogP contribution in [0, 0.1) is 12.7 Å². The van der Waals surface area contributed by atoms with Crippen molar-refractivity contribution in [1.29, 1.82) is 0 Å². The summed E-state index contributed by atoms with van der Waals surface area (Å²) in [6.07, 6.45) is 3.77. The molecule has 0 amide bonds. The topological polar surface area (TPSA) is 63.4 Å². The Bertz CT molecular complexity index is 1150. The third-order valence-electron chi connectivity index (χ3n) is 6.00. The van der Waals surface area contributed by atoms with Gasteiger partial charge in [0.1, 0.15) is 5.82 Å². The summed E-state index contributed by atoms with van der Waals surface area (Å²) >= 11 is 0. The molecule has 1 saturated carbocycles. The van der Waals surface area contributed by atoms with Crippen molar-refractivity contribution in [2.75, 3.05) is 24.7 Å². The fraction of sp³-hybridized carbons (Fsp3) is 0.429. The van der Waals surface area contributed by atoms with Gasteiger partial charge < -0.3 is 14.7 Å². The molecule has 9 heteroatoms. The van der Waals surface area contributed by atoms with Crippen LogP contribution in [-0.4, -0.2) is 45.2 Å². The van der Waals surface area contributed by atoms with Crippen LogP contribution in [0.4, 0.5) is 19.0 Å². The summed E-state index contributed by atoms with van der Waals surface area (Å²) in [5.74, 6) is -4.80. The Morgan fingerprint density at radius 2 is 2.00 bits per heavy atom. The molecule has 5 rings (SSSR count). The monoisotopic (exact) mass is 418 g/mol. The Morgan fingerprint density at radius 1 is 1.23 bits per heavy atom. The molecule has 2 fully saturated rings. The zero-order chi connectivity index (χ0) is 21.3. The lowest BCUT2D eigenvalue weighted by Crippen LogP contribution is -2.48. The van der Waals surface area contributed by atoms with E-state index in [2.05, 4.69) is 15.0 Å². The fourth-order valence-electron chi connectivity index (χ4n) is 4.18. The van der Waals surface area contributed by atoms with Crippen molar-refractivity contribution in [3.8, 4) is 11.4 Å². The van der Waals surface area contributed by atoms with Gasteiger partial charge in [-0.3, -0.25) is 0 Å². The van der Waals surface area contributed by atoms with Gasteiger partial charge in [-0.1, -0.05) is 0 Å². The Labute approximate surface area is 170 Å². The van der Waals surface area contributed by atoms with Crippen molar-refractivity contribution in [2.45, 2.75) is 38.2 Å². The number of nitrogens with zero attached hydrogens (tertiary/aromatic N) is 4. The Morgan fingerprint density at radius 3 is 2.70 bits per heavy atom. The minimum atomic E-state index is -3.45. The first kappa shape index (κ1) is 19.2. The van der Waals surface area contributed by atoms with Crippen molar-refractivity contribution < 1.29 is 23.0 Å². The molecule has 1 spiro atoms. The first-order valence-electron chi connectivity index (χ1n) is 9.82. The standard InChI is InChI=1S/C21H21F3N4O2/c1-12-14-9-18(27-5-6-30-11-21(27)3-4-21)25-10-16(14)28(26-12)13-7-15(20(2,23)24)19(22)17(29)8-13/h7-10,29H,3-6,11H2,1-2H3. The number of aryl methyl sites for hydroxylation is 1. The highest BCUT2D eigenvalue weighted by Gasteiger charge is 2.50. The summed E-state index contributed by atoms with van der Waals surface area (Å²) in [6, 6.07) is 4.04. The predicted molar refractivity (Wildman–Crippen MR) is 105 cm³/mol. The van der Waals surface area contributed by atoms with Crippen LogP contribution in [0.3, 0.4) is 0 Å². The number of aromatic nitrogens is 3. The van der Waals surface area contributed by atoms with Crippen molar-refractivity contribution in [3.05, 3.63) is 41.5 Å². The molecule has 0 radical (unpaired) electrons. The third-order valence-corrected chi connectivity index (χ3v) is 6.00. The SMILES string of the molecule is Cc1nn(-c2cc(O)c(F)c(C(C)(F)F)c2)c2cnc(N3CCOCC34CC4)cc12. The average Bonchev–Trinajstić information content (AvgIpc) is 3.38. The molecule has 1 N–H and O–H groups in total. The minimum absolute atomic E-state index is 0.0210. The highest BCUT2D eigenvalue weighted by atomic mass is 19.3. The second-order valence-electron chi connectivity index (χ2n) is 8.20. The largest absolute Gasteiger partial charge is 0.505 e. The molecule has 0 unspecified atom stereocenters. The van der Waals surface area contributed by atoms with E-state index in [1.54, 1.807) is 6.20 Å². The molecule has 0 bridgehead atoms. The Balaban J connectivity index is 1.61. The van der Waals surface area contributed by atoms with Crippen LogP contribution in [0.2, 0.25) is 0 Å². The van der Waals surface area contributed by atoms with Gasteiger partial charge >= 0.3 is 0 Å². The number of alkyl halides is 2. The van der Waals surface area contributed by atoms with E-state index >= 15 is 0 Å². The molecule has 3 aromatic rings. The molecule has 1 saturated heterocycles. The van der Waals surface area contributed by atoms with Crippen LogP contribution in [0.1, 0.15) is 31.0 Å². The summed E-state index contributed by atoms with van der Waals surface area (Å²) in [6.45, 7) is 4.49. The van der Waals surface area contributed by atoms with Crippen LogP contribution < -0.4 is 4.90 Å². The van der Waals surface area contributed by atoms with E-state index in [9.17, 15) is 18.3 Å². The number of hydrogen-bond donors (Lipinski definition) is 1. The van der Waals surface area contributed by atoms with Gasteiger partial charge in [0.15, 0.2) is 11.6 Å². The van der Waals surface area contributed by atoms with Gasteiger partial charge in [0.2, 0.25) is 0 Å². The van der Waals surface area contributed by atoms with E-state index in [0.29, 0.717) is 31.3 Å². The molecule has 2 aromatic heterocycles. The maximum atomic E-state index is 14.1. The number of pyridine rings is 1. The molecule has 1 aliphatic carbocycles. The highest BCUT2D eigenvalue weighted by Crippen LogP contribution is 2.46. The summed E-state index contributed by atoms with van der Waals surface area (Å²) < 4.78 is 48.8. The number of halogens is 3. The van der Waals surface area contributed by atoms with E-state index in [1.807, 2.05) is 13.0 Å². The summed E-state index contributed by atoms with van der Waals surface area (Å²) in [5, 5.41) is 15.1. The van der Waals surface area contributed by atoms with E-state index < -0.39 is 23.1 Å². The Kier molecular flexibility index (Phi) is 4.05.